The van der Waals surface area contributed by atoms with Gasteiger partial charge in [-0.2, -0.15) is 5.10 Å². The van der Waals surface area contributed by atoms with Gasteiger partial charge in [0, 0.05) is 24.3 Å². The van der Waals surface area contributed by atoms with Gasteiger partial charge in [0.05, 0.1) is 22.9 Å². The zero-order valence-electron chi connectivity index (χ0n) is 17.9. The second-order valence-corrected chi connectivity index (χ2v) is 8.31. The molecule has 0 saturated carbocycles. The third-order valence-electron chi connectivity index (χ3n) is 5.45. The molecule has 1 fully saturated rings. The topological polar surface area (TPSA) is 78.7 Å². The first-order valence-electron chi connectivity index (χ1n) is 9.82. The molecule has 1 aromatic heterocycles. The number of halogens is 1. The summed E-state index contributed by atoms with van der Waals surface area (Å²) in [4.78, 5) is 29.5. The maximum absolute atomic E-state index is 13.0. The highest BCUT2D eigenvalue weighted by molar-refractivity contribution is 6.46. The molecular formula is C22H27ClN4O3. The first-order chi connectivity index (χ1) is 14.1. The van der Waals surface area contributed by atoms with Crippen LogP contribution in [0.5, 0.6) is 0 Å². The predicted molar refractivity (Wildman–Crippen MR) is 116 cm³/mol. The van der Waals surface area contributed by atoms with Gasteiger partial charge in [-0.3, -0.25) is 14.3 Å². The van der Waals surface area contributed by atoms with Crippen LogP contribution in [0.1, 0.15) is 35.0 Å². The number of Topliss-reactive ketones (excluding diaryl/α,β-unsaturated/α-hetero) is 1. The van der Waals surface area contributed by atoms with E-state index in [1.54, 1.807) is 36.9 Å². The molecular weight excluding hydrogens is 404 g/mol. The fraction of sp³-hybridized carbons (Fsp3) is 0.409. The minimum Gasteiger partial charge on any atom is -0.507 e. The summed E-state index contributed by atoms with van der Waals surface area (Å²) in [6, 6.07) is 6.35. The van der Waals surface area contributed by atoms with Crippen molar-refractivity contribution in [2.24, 2.45) is 7.05 Å². The minimum absolute atomic E-state index is 0.0753. The Morgan fingerprint density at radius 1 is 1.27 bits per heavy atom. The van der Waals surface area contributed by atoms with Gasteiger partial charge in [0.2, 0.25) is 0 Å². The Balaban J connectivity index is 2.16. The zero-order valence-corrected chi connectivity index (χ0v) is 18.7. The van der Waals surface area contributed by atoms with Crippen molar-refractivity contribution in [2.75, 3.05) is 27.2 Å². The molecule has 2 heterocycles. The highest BCUT2D eigenvalue weighted by Crippen LogP contribution is 2.40. The number of aryl methyl sites for hydroxylation is 2. The fourth-order valence-corrected chi connectivity index (χ4v) is 4.14. The number of nitrogens with zero attached hydrogens (tertiary/aromatic N) is 4. The van der Waals surface area contributed by atoms with Crippen LogP contribution >= 0.6 is 11.6 Å². The molecule has 0 aliphatic carbocycles. The van der Waals surface area contributed by atoms with Gasteiger partial charge in [0.25, 0.3) is 11.7 Å². The summed E-state index contributed by atoms with van der Waals surface area (Å²) in [5, 5.41) is 16.0. The van der Waals surface area contributed by atoms with Crippen LogP contribution in [-0.4, -0.2) is 63.6 Å². The van der Waals surface area contributed by atoms with E-state index < -0.39 is 17.7 Å². The van der Waals surface area contributed by atoms with E-state index in [1.807, 2.05) is 32.0 Å². The largest absolute Gasteiger partial charge is 0.507 e. The van der Waals surface area contributed by atoms with Gasteiger partial charge < -0.3 is 14.9 Å². The van der Waals surface area contributed by atoms with Crippen LogP contribution < -0.4 is 0 Å². The first-order valence-corrected chi connectivity index (χ1v) is 10.2. The summed E-state index contributed by atoms with van der Waals surface area (Å²) in [5.41, 5.74) is 2.55. The van der Waals surface area contributed by atoms with E-state index in [1.165, 1.54) is 4.90 Å². The summed E-state index contributed by atoms with van der Waals surface area (Å²) in [6.07, 6.45) is 0.697. The van der Waals surface area contributed by atoms with E-state index in [9.17, 15) is 14.7 Å². The quantitative estimate of drug-likeness (QED) is 0.433. The summed E-state index contributed by atoms with van der Waals surface area (Å²) in [5.74, 6) is -1.50. The number of aromatic nitrogens is 2. The molecule has 0 radical (unpaired) electrons. The van der Waals surface area contributed by atoms with Gasteiger partial charge in [0.1, 0.15) is 5.76 Å². The summed E-state index contributed by atoms with van der Waals surface area (Å²) < 4.78 is 1.64. The number of hydrogen-bond acceptors (Lipinski definition) is 5. The Morgan fingerprint density at radius 2 is 1.97 bits per heavy atom. The summed E-state index contributed by atoms with van der Waals surface area (Å²) >= 11 is 6.20. The molecule has 0 bridgehead atoms. The Labute approximate surface area is 181 Å². The molecule has 1 N–H and O–H groups in total. The molecule has 0 unspecified atom stereocenters. The molecule has 3 rings (SSSR count). The van der Waals surface area contributed by atoms with Crippen LogP contribution in [0.4, 0.5) is 0 Å². The molecule has 1 saturated heterocycles. The highest BCUT2D eigenvalue weighted by Gasteiger charge is 2.46. The van der Waals surface area contributed by atoms with Gasteiger partial charge in [-0.15, -0.1) is 0 Å². The number of rotatable bonds is 6. The standard InChI is InChI=1S/C22H27ClN4O3/c1-13-17(14(2)26(5)24-13)20(28)18-19(15-8-6-9-16(23)12-15)27(22(30)21(18)29)11-7-10-25(3)4/h6,8-9,12,19,28H,7,10-11H2,1-5H3/b20-18+/t19-/m0/s1. The van der Waals surface area contributed by atoms with Crippen molar-refractivity contribution in [1.82, 2.24) is 19.6 Å². The molecule has 1 atom stereocenters. The van der Waals surface area contributed by atoms with Crippen molar-refractivity contribution < 1.29 is 14.7 Å². The van der Waals surface area contributed by atoms with Crippen molar-refractivity contribution >= 4 is 29.1 Å². The number of hydrogen-bond donors (Lipinski definition) is 1. The zero-order chi connectivity index (χ0) is 22.2. The maximum atomic E-state index is 13.0. The lowest BCUT2D eigenvalue weighted by Crippen LogP contribution is -2.32. The third kappa shape index (κ3) is 4.00. The molecule has 30 heavy (non-hydrogen) atoms. The van der Waals surface area contributed by atoms with Crippen LogP contribution in [-0.2, 0) is 16.6 Å². The van der Waals surface area contributed by atoms with Crippen LogP contribution in [0.15, 0.2) is 29.8 Å². The average molecular weight is 431 g/mol. The van der Waals surface area contributed by atoms with Gasteiger partial charge >= 0.3 is 0 Å². The Kier molecular flexibility index (Phi) is 6.33. The Hall–Kier alpha value is -2.64. The van der Waals surface area contributed by atoms with Crippen LogP contribution in [0, 0.1) is 13.8 Å². The number of carbonyl (C=O) groups is 2. The lowest BCUT2D eigenvalue weighted by molar-refractivity contribution is -0.139. The van der Waals surface area contributed by atoms with E-state index in [2.05, 4.69) is 5.10 Å². The second kappa shape index (κ2) is 8.62. The van der Waals surface area contributed by atoms with Gasteiger partial charge in [-0.05, 0) is 58.6 Å². The average Bonchev–Trinajstić information content (AvgIpc) is 3.07. The van der Waals surface area contributed by atoms with Crippen molar-refractivity contribution in [3.05, 3.63) is 57.4 Å². The summed E-state index contributed by atoms with van der Waals surface area (Å²) in [7, 11) is 5.68. The van der Waals surface area contributed by atoms with Crippen molar-refractivity contribution in [2.45, 2.75) is 26.3 Å². The van der Waals surface area contributed by atoms with Crippen LogP contribution in [0.2, 0.25) is 5.02 Å². The predicted octanol–water partition coefficient (Wildman–Crippen LogP) is 3.06. The van der Waals surface area contributed by atoms with E-state index in [-0.39, 0.29) is 11.3 Å². The molecule has 2 aromatic rings. The SMILES string of the molecule is Cc1nn(C)c(C)c1/C(O)=C1\C(=O)C(=O)N(CCCN(C)C)[C@H]1c1cccc(Cl)c1. The van der Waals surface area contributed by atoms with Crippen LogP contribution in [0.3, 0.4) is 0 Å². The second-order valence-electron chi connectivity index (χ2n) is 7.87. The number of likely N-dealkylation sites (tertiary alicyclic amines) is 1. The lowest BCUT2D eigenvalue weighted by atomic mass is 9.94. The molecule has 160 valence electrons. The van der Waals surface area contributed by atoms with Crippen molar-refractivity contribution in [1.29, 1.82) is 0 Å². The Morgan fingerprint density at radius 3 is 2.53 bits per heavy atom. The third-order valence-corrected chi connectivity index (χ3v) is 5.69. The number of aliphatic hydroxyl groups excluding tert-OH is 1. The van der Waals surface area contributed by atoms with Gasteiger partial charge in [0.15, 0.2) is 0 Å². The highest BCUT2D eigenvalue weighted by atomic mass is 35.5. The van der Waals surface area contributed by atoms with Gasteiger partial charge in [-0.1, -0.05) is 23.7 Å². The number of aliphatic hydroxyl groups is 1. The fourth-order valence-electron chi connectivity index (χ4n) is 3.94. The minimum atomic E-state index is -0.704. The van der Waals surface area contributed by atoms with E-state index >= 15 is 0 Å². The van der Waals surface area contributed by atoms with E-state index in [0.29, 0.717) is 40.5 Å². The molecule has 1 aliphatic rings. The number of benzene rings is 1. The van der Waals surface area contributed by atoms with Crippen molar-refractivity contribution in [3.8, 4) is 0 Å². The molecule has 1 aromatic carbocycles. The molecule has 0 spiro atoms. The molecule has 1 amide bonds. The number of carbonyl (C=O) groups excluding carboxylic acids is 2. The maximum Gasteiger partial charge on any atom is 0.295 e. The number of amides is 1. The first kappa shape index (κ1) is 22.1. The lowest BCUT2D eigenvalue weighted by Gasteiger charge is -2.26. The van der Waals surface area contributed by atoms with Crippen molar-refractivity contribution in [3.63, 3.8) is 0 Å². The molecule has 7 nitrogen and oxygen atoms in total. The normalized spacial score (nSPS) is 18.6. The monoisotopic (exact) mass is 430 g/mol. The number of ketones is 1. The molecule has 1 aliphatic heterocycles. The molecule has 8 heteroatoms. The summed E-state index contributed by atoms with van der Waals surface area (Å²) in [6.45, 7) is 4.74. The van der Waals surface area contributed by atoms with E-state index in [0.717, 1.165) is 6.54 Å². The Bertz CT molecular complexity index is 1030. The van der Waals surface area contributed by atoms with Crippen LogP contribution in [0.25, 0.3) is 5.76 Å². The smallest absolute Gasteiger partial charge is 0.295 e. The van der Waals surface area contributed by atoms with E-state index in [4.69, 9.17) is 11.6 Å². The van der Waals surface area contributed by atoms with Gasteiger partial charge in [-0.25, -0.2) is 0 Å².